The molecule has 1 aliphatic carbocycles. The molecule has 1 saturated carbocycles. The number of hydrogen-bond acceptors (Lipinski definition) is 5. The van der Waals surface area contributed by atoms with Crippen molar-refractivity contribution < 1.29 is 28.9 Å². The van der Waals surface area contributed by atoms with Gasteiger partial charge in [0.15, 0.2) is 11.5 Å². The number of rotatable bonds is 6. The lowest BCUT2D eigenvalue weighted by Crippen LogP contribution is -2.52. The van der Waals surface area contributed by atoms with Crippen LogP contribution in [0.15, 0.2) is 103 Å². The van der Waals surface area contributed by atoms with Crippen LogP contribution in [0.5, 0.6) is 17.2 Å². The van der Waals surface area contributed by atoms with Gasteiger partial charge in [-0.2, -0.15) is 0 Å². The topological polar surface area (TPSA) is 82.1 Å². The van der Waals surface area contributed by atoms with E-state index in [2.05, 4.69) is 0 Å². The van der Waals surface area contributed by atoms with Crippen LogP contribution in [-0.4, -0.2) is 23.8 Å². The van der Waals surface area contributed by atoms with E-state index in [-0.39, 0.29) is 6.79 Å². The van der Waals surface area contributed by atoms with E-state index in [1.807, 2.05) is 91.0 Å². The van der Waals surface area contributed by atoms with Crippen molar-refractivity contribution in [2.24, 2.45) is 11.8 Å². The van der Waals surface area contributed by atoms with Crippen LogP contribution in [0.1, 0.15) is 23.0 Å². The highest BCUT2D eigenvalue weighted by Crippen LogP contribution is 2.58. The van der Waals surface area contributed by atoms with Crippen LogP contribution in [-0.2, 0) is 9.59 Å². The number of carboxylic acid groups (broad SMARTS) is 1. The number of aliphatic carboxylic acids is 1. The monoisotopic (exact) mass is 492 g/mol. The number of ether oxygens (including phenoxy) is 3. The lowest BCUT2D eigenvalue weighted by molar-refractivity contribution is -0.158. The van der Waals surface area contributed by atoms with Crippen molar-refractivity contribution in [3.8, 4) is 28.4 Å². The molecule has 184 valence electrons. The molecule has 2 atom stereocenters. The molecule has 0 aromatic heterocycles. The molecular weight excluding hydrogens is 468 g/mol. The van der Waals surface area contributed by atoms with Crippen molar-refractivity contribution in [3.63, 3.8) is 0 Å². The minimum atomic E-state index is -0.920. The van der Waals surface area contributed by atoms with Crippen molar-refractivity contribution >= 4 is 11.9 Å². The average Bonchev–Trinajstić information content (AvgIpc) is 3.37. The number of hydrogen-bond donors (Lipinski definition) is 1. The van der Waals surface area contributed by atoms with Gasteiger partial charge in [-0.3, -0.25) is 9.59 Å². The summed E-state index contributed by atoms with van der Waals surface area (Å²) in [5.41, 5.74) is 3.40. The first-order valence-electron chi connectivity index (χ1n) is 12.1. The summed E-state index contributed by atoms with van der Waals surface area (Å²) in [6.45, 7) is 0.195. The van der Waals surface area contributed by atoms with Crippen molar-refractivity contribution in [2.45, 2.75) is 11.8 Å². The van der Waals surface area contributed by atoms with Gasteiger partial charge in [-0.25, -0.2) is 0 Å². The van der Waals surface area contributed by atoms with E-state index in [1.165, 1.54) is 0 Å². The molecular formula is C31H24O6. The van der Waals surface area contributed by atoms with Gasteiger partial charge in [-0.05, 0) is 46.5 Å². The molecule has 0 amide bonds. The Hall–Kier alpha value is -4.58. The molecule has 0 radical (unpaired) electrons. The van der Waals surface area contributed by atoms with Crippen LogP contribution in [0.25, 0.3) is 11.1 Å². The highest BCUT2D eigenvalue weighted by molar-refractivity contribution is 5.86. The van der Waals surface area contributed by atoms with E-state index in [0.29, 0.717) is 17.2 Å². The van der Waals surface area contributed by atoms with Crippen LogP contribution >= 0.6 is 0 Å². The number of carboxylic acids is 1. The number of benzene rings is 4. The normalized spacial score (nSPS) is 21.6. The summed E-state index contributed by atoms with van der Waals surface area (Å²) in [4.78, 5) is 26.1. The first kappa shape index (κ1) is 22.9. The Morgan fingerprint density at radius 1 is 0.676 bits per heavy atom. The summed E-state index contributed by atoms with van der Waals surface area (Å²) in [7, 11) is 0. The summed E-state index contributed by atoms with van der Waals surface area (Å²) < 4.78 is 16.8. The summed E-state index contributed by atoms with van der Waals surface area (Å²) >= 11 is 0. The van der Waals surface area contributed by atoms with E-state index in [0.717, 1.165) is 22.3 Å². The van der Waals surface area contributed by atoms with Gasteiger partial charge < -0.3 is 19.3 Å². The van der Waals surface area contributed by atoms with Crippen LogP contribution < -0.4 is 14.2 Å². The fourth-order valence-electron chi connectivity index (χ4n) is 5.53. The predicted octanol–water partition coefficient (Wildman–Crippen LogP) is 5.89. The molecule has 0 bridgehead atoms. The largest absolute Gasteiger partial charge is 0.481 e. The molecule has 0 unspecified atom stereocenters. The smallest absolute Gasteiger partial charge is 0.315 e. The number of fused-ring (bicyclic) bond motifs is 1. The minimum Gasteiger partial charge on any atom is -0.481 e. The fourth-order valence-corrected chi connectivity index (χ4v) is 5.53. The van der Waals surface area contributed by atoms with Crippen molar-refractivity contribution in [2.75, 3.05) is 6.79 Å². The van der Waals surface area contributed by atoms with E-state index in [4.69, 9.17) is 14.2 Å². The van der Waals surface area contributed by atoms with Crippen molar-refractivity contribution in [1.82, 2.24) is 0 Å². The second-order valence-corrected chi connectivity index (χ2v) is 9.28. The van der Waals surface area contributed by atoms with E-state index < -0.39 is 35.6 Å². The Balaban J connectivity index is 1.32. The average molecular weight is 493 g/mol. The first-order chi connectivity index (χ1) is 18.1. The number of esters is 1. The molecule has 37 heavy (non-hydrogen) atoms. The highest BCUT2D eigenvalue weighted by Gasteiger charge is 2.59. The summed E-state index contributed by atoms with van der Waals surface area (Å²) in [5, 5.41) is 10.1. The molecule has 1 fully saturated rings. The van der Waals surface area contributed by atoms with Gasteiger partial charge in [0.2, 0.25) is 6.79 Å². The summed E-state index contributed by atoms with van der Waals surface area (Å²) in [6.07, 6.45) is 0. The van der Waals surface area contributed by atoms with Gasteiger partial charge in [-0.15, -0.1) is 0 Å². The van der Waals surface area contributed by atoms with Gasteiger partial charge in [0.25, 0.3) is 0 Å². The van der Waals surface area contributed by atoms with Gasteiger partial charge in [0, 0.05) is 11.8 Å². The van der Waals surface area contributed by atoms with Crippen LogP contribution in [0.3, 0.4) is 0 Å². The lowest BCUT2D eigenvalue weighted by atomic mass is 9.52. The third-order valence-corrected chi connectivity index (χ3v) is 7.23. The molecule has 6 rings (SSSR count). The Kier molecular flexibility index (Phi) is 5.85. The third-order valence-electron chi connectivity index (χ3n) is 7.23. The van der Waals surface area contributed by atoms with Gasteiger partial charge >= 0.3 is 11.9 Å². The molecule has 0 saturated heterocycles. The molecule has 4 aromatic rings. The van der Waals surface area contributed by atoms with Crippen molar-refractivity contribution in [1.29, 1.82) is 0 Å². The van der Waals surface area contributed by atoms with Crippen LogP contribution in [0.4, 0.5) is 0 Å². The zero-order valence-corrected chi connectivity index (χ0v) is 19.8. The van der Waals surface area contributed by atoms with E-state index in [9.17, 15) is 14.7 Å². The molecule has 4 aromatic carbocycles. The summed E-state index contributed by atoms with van der Waals surface area (Å²) in [6, 6.07) is 31.7. The maximum Gasteiger partial charge on any atom is 0.315 e. The highest BCUT2D eigenvalue weighted by atomic mass is 16.7. The lowest BCUT2D eigenvalue weighted by Gasteiger charge is -2.48. The van der Waals surface area contributed by atoms with E-state index in [1.54, 1.807) is 12.1 Å². The number of carbonyl (C=O) groups is 2. The van der Waals surface area contributed by atoms with Gasteiger partial charge in [0.1, 0.15) is 5.75 Å². The Labute approximate surface area is 214 Å². The fraction of sp³-hybridized carbons (Fsp3) is 0.161. The molecule has 6 nitrogen and oxygen atoms in total. The minimum absolute atomic E-state index is 0.195. The maximum atomic E-state index is 13.7. The molecule has 2 aliphatic rings. The standard InChI is InChI=1S/C31H24O6/c32-30(33)28-26(19-8-3-1-4-9-19)29(27(28)20-10-5-2-6-11-20)31(34)37-23-13-7-12-21(16-23)22-14-15-24-25(17-22)36-18-35-24/h1-17,26-29H,18H2,(H,32,33)/t26-,27-,28-,29-/m1/s1. The van der Waals surface area contributed by atoms with Gasteiger partial charge in [0.05, 0.1) is 11.8 Å². The SMILES string of the molecule is O=C(O)[C@H]1[C@@H](c2ccccc2)[C@H](C(=O)Oc2cccc(-c3ccc4c(c3)OCO4)c2)[C@@H]1c1ccccc1. The Bertz CT molecular complexity index is 1400. The molecule has 0 spiro atoms. The quantitative estimate of drug-likeness (QED) is 0.267. The molecule has 1 heterocycles. The molecule has 6 heteroatoms. The van der Waals surface area contributed by atoms with Crippen LogP contribution in [0, 0.1) is 11.8 Å². The number of carbonyl (C=O) groups excluding carboxylic acids is 1. The first-order valence-corrected chi connectivity index (χ1v) is 12.1. The third kappa shape index (κ3) is 4.20. The molecule has 1 aliphatic heterocycles. The second kappa shape index (κ2) is 9.47. The Morgan fingerprint density at radius 2 is 1.30 bits per heavy atom. The van der Waals surface area contributed by atoms with Gasteiger partial charge in [-0.1, -0.05) is 78.9 Å². The van der Waals surface area contributed by atoms with Crippen LogP contribution in [0.2, 0.25) is 0 Å². The maximum absolute atomic E-state index is 13.7. The Morgan fingerprint density at radius 3 is 1.95 bits per heavy atom. The zero-order chi connectivity index (χ0) is 25.4. The van der Waals surface area contributed by atoms with E-state index >= 15 is 0 Å². The summed E-state index contributed by atoms with van der Waals surface area (Å²) in [5.74, 6) is -1.95. The zero-order valence-electron chi connectivity index (χ0n) is 19.8. The molecule has 1 N–H and O–H groups in total. The second-order valence-electron chi connectivity index (χ2n) is 9.28. The van der Waals surface area contributed by atoms with Crippen molar-refractivity contribution in [3.05, 3.63) is 114 Å². The predicted molar refractivity (Wildman–Crippen MR) is 137 cm³/mol.